The van der Waals surface area contributed by atoms with Crippen molar-refractivity contribution in [2.75, 3.05) is 0 Å². The van der Waals surface area contributed by atoms with Gasteiger partial charge in [0.2, 0.25) is 0 Å². The Labute approximate surface area is 158 Å². The third-order valence-electron chi connectivity index (χ3n) is 5.62. The highest BCUT2D eigenvalue weighted by Crippen LogP contribution is 2.41. The van der Waals surface area contributed by atoms with Crippen LogP contribution >= 0.6 is 0 Å². The van der Waals surface area contributed by atoms with Gasteiger partial charge in [0.15, 0.2) is 17.5 Å². The van der Waals surface area contributed by atoms with Crippen LogP contribution < -0.4 is 4.74 Å². The van der Waals surface area contributed by atoms with Gasteiger partial charge in [-0.1, -0.05) is 46.0 Å². The van der Waals surface area contributed by atoms with Crippen molar-refractivity contribution in [3.8, 4) is 5.75 Å². The van der Waals surface area contributed by atoms with Crippen molar-refractivity contribution in [2.45, 2.75) is 77.7 Å². The predicted molar refractivity (Wildman–Crippen MR) is 95.3 cm³/mol. The maximum absolute atomic E-state index is 14.4. The molecule has 0 heterocycles. The molecule has 1 nitrogen and oxygen atoms in total. The second-order valence-electron chi connectivity index (χ2n) is 7.91. The van der Waals surface area contributed by atoms with Crippen LogP contribution in [-0.2, 0) is 0 Å². The van der Waals surface area contributed by atoms with E-state index < -0.39 is 35.2 Å². The van der Waals surface area contributed by atoms with Crippen molar-refractivity contribution in [1.82, 2.24) is 0 Å². The number of hydrogen-bond donors (Lipinski definition) is 0. The average molecular weight is 392 g/mol. The lowest BCUT2D eigenvalue weighted by molar-refractivity contribution is -0.223. The minimum absolute atomic E-state index is 0.314. The van der Waals surface area contributed by atoms with Crippen LogP contribution in [0.15, 0.2) is 12.1 Å². The lowest BCUT2D eigenvalue weighted by Gasteiger charge is -2.33. The summed E-state index contributed by atoms with van der Waals surface area (Å²) in [6.07, 6.45) is 4.27. The Bertz CT molecular complexity index is 573. The molecule has 1 aliphatic carbocycles. The van der Waals surface area contributed by atoms with E-state index in [0.29, 0.717) is 49.7 Å². The smallest absolute Gasteiger partial charge is 0.400 e. The van der Waals surface area contributed by atoms with Crippen LogP contribution in [-0.4, -0.2) is 6.11 Å². The monoisotopic (exact) mass is 392 g/mol. The maximum Gasteiger partial charge on any atom is 0.400 e. The van der Waals surface area contributed by atoms with Crippen molar-refractivity contribution in [1.29, 1.82) is 0 Å². The van der Waals surface area contributed by atoms with Crippen molar-refractivity contribution < 1.29 is 26.7 Å². The zero-order valence-corrected chi connectivity index (χ0v) is 16.0. The summed E-state index contributed by atoms with van der Waals surface area (Å²) in [5.41, 5.74) is 0. The number of halogens is 5. The first-order chi connectivity index (χ1) is 12.7. The first kappa shape index (κ1) is 22.0. The fourth-order valence-corrected chi connectivity index (χ4v) is 4.01. The third-order valence-corrected chi connectivity index (χ3v) is 5.62. The van der Waals surface area contributed by atoms with Crippen molar-refractivity contribution in [3.05, 3.63) is 29.6 Å². The van der Waals surface area contributed by atoms with Crippen LogP contribution in [0.2, 0.25) is 0 Å². The van der Waals surface area contributed by atoms with Gasteiger partial charge in [-0.2, -0.15) is 8.78 Å². The number of ether oxygens (including phenoxy) is 1. The number of hydrogen-bond acceptors (Lipinski definition) is 1. The Morgan fingerprint density at radius 2 is 1.63 bits per heavy atom. The summed E-state index contributed by atoms with van der Waals surface area (Å²) >= 11 is 0. The Hall–Kier alpha value is -1.33. The van der Waals surface area contributed by atoms with E-state index in [9.17, 15) is 22.0 Å². The molecule has 0 aromatic heterocycles. The van der Waals surface area contributed by atoms with E-state index in [-0.39, 0.29) is 0 Å². The molecule has 1 aliphatic rings. The summed E-state index contributed by atoms with van der Waals surface area (Å²) < 4.78 is 72.6. The van der Waals surface area contributed by atoms with E-state index in [4.69, 9.17) is 0 Å². The fourth-order valence-electron chi connectivity index (χ4n) is 4.01. The number of rotatable bonds is 9. The van der Waals surface area contributed by atoms with Gasteiger partial charge in [-0.05, 0) is 37.5 Å². The van der Waals surface area contributed by atoms with Crippen LogP contribution in [0.5, 0.6) is 5.75 Å². The molecular formula is C21H29F5O. The first-order valence-corrected chi connectivity index (χ1v) is 9.94. The molecule has 0 saturated heterocycles. The largest absolute Gasteiger partial charge is 0.432 e. The van der Waals surface area contributed by atoms with Crippen LogP contribution in [0, 0.1) is 35.2 Å². The maximum atomic E-state index is 14.4. The molecule has 154 valence electrons. The second-order valence-corrected chi connectivity index (χ2v) is 7.91. The van der Waals surface area contributed by atoms with Crippen molar-refractivity contribution in [2.24, 2.45) is 17.8 Å². The zero-order valence-electron chi connectivity index (χ0n) is 16.0. The minimum atomic E-state index is -3.53. The Morgan fingerprint density at radius 3 is 2.19 bits per heavy atom. The SMILES string of the molecule is CCCC(C)CCCC1CCC(C(F)(F)Oc2cc(F)c(F)c(F)c2)CC1. The molecule has 0 radical (unpaired) electrons. The average Bonchev–Trinajstić information content (AvgIpc) is 2.60. The van der Waals surface area contributed by atoms with Gasteiger partial charge in [-0.15, -0.1) is 0 Å². The van der Waals surface area contributed by atoms with Crippen LogP contribution in [0.4, 0.5) is 22.0 Å². The van der Waals surface area contributed by atoms with Gasteiger partial charge < -0.3 is 4.74 Å². The molecule has 0 amide bonds. The van der Waals surface area contributed by atoms with Crippen LogP contribution in [0.3, 0.4) is 0 Å². The Morgan fingerprint density at radius 1 is 1.04 bits per heavy atom. The molecule has 27 heavy (non-hydrogen) atoms. The summed E-state index contributed by atoms with van der Waals surface area (Å²) in [5.74, 6) is -5.30. The standard InChI is InChI=1S/C21H29F5O/c1-3-5-14(2)6-4-7-15-8-10-16(11-9-15)21(25,26)27-17-12-18(22)20(24)19(23)13-17/h12-16H,3-11H2,1-2H3. The summed E-state index contributed by atoms with van der Waals surface area (Å²) in [7, 11) is 0. The summed E-state index contributed by atoms with van der Waals surface area (Å²) in [4.78, 5) is 0. The van der Waals surface area contributed by atoms with Crippen LogP contribution in [0.25, 0.3) is 0 Å². The molecule has 1 unspecified atom stereocenters. The first-order valence-electron chi connectivity index (χ1n) is 9.94. The van der Waals surface area contributed by atoms with E-state index >= 15 is 0 Å². The number of alkyl halides is 2. The lowest BCUT2D eigenvalue weighted by atomic mass is 9.79. The quantitative estimate of drug-likeness (QED) is 0.312. The normalized spacial score (nSPS) is 21.9. The van der Waals surface area contributed by atoms with Crippen LogP contribution in [0.1, 0.15) is 71.6 Å². The topological polar surface area (TPSA) is 9.23 Å². The molecule has 1 aromatic rings. The van der Waals surface area contributed by atoms with E-state index in [2.05, 4.69) is 18.6 Å². The van der Waals surface area contributed by atoms with Crippen molar-refractivity contribution in [3.63, 3.8) is 0 Å². The summed E-state index contributed by atoms with van der Waals surface area (Å²) in [6.45, 7) is 4.42. The van der Waals surface area contributed by atoms with Gasteiger partial charge in [-0.25, -0.2) is 13.2 Å². The molecule has 6 heteroatoms. The molecule has 0 N–H and O–H groups in total. The fraction of sp³-hybridized carbons (Fsp3) is 0.714. The van der Waals surface area contributed by atoms with Crippen molar-refractivity contribution >= 4 is 0 Å². The van der Waals surface area contributed by atoms with Gasteiger partial charge in [0, 0.05) is 12.1 Å². The molecule has 0 spiro atoms. The zero-order chi connectivity index (χ0) is 20.0. The molecule has 1 fully saturated rings. The third kappa shape index (κ3) is 6.35. The Balaban J connectivity index is 1.82. The molecule has 1 aromatic carbocycles. The van der Waals surface area contributed by atoms with E-state index in [0.717, 1.165) is 12.8 Å². The molecule has 0 aliphatic heterocycles. The lowest BCUT2D eigenvalue weighted by Crippen LogP contribution is -2.37. The summed E-state index contributed by atoms with van der Waals surface area (Å²) in [6, 6.07) is 0.908. The highest BCUT2D eigenvalue weighted by Gasteiger charge is 2.44. The highest BCUT2D eigenvalue weighted by molar-refractivity contribution is 5.25. The second kappa shape index (κ2) is 9.74. The van der Waals surface area contributed by atoms with E-state index in [1.807, 2.05) is 0 Å². The van der Waals surface area contributed by atoms with Gasteiger partial charge >= 0.3 is 6.11 Å². The molecule has 0 bridgehead atoms. The predicted octanol–water partition coefficient (Wildman–Crippen LogP) is 7.49. The summed E-state index contributed by atoms with van der Waals surface area (Å²) in [5, 5.41) is 0. The minimum Gasteiger partial charge on any atom is -0.432 e. The number of benzene rings is 1. The molecule has 1 saturated carbocycles. The van der Waals surface area contributed by atoms with E-state index in [1.54, 1.807) is 0 Å². The highest BCUT2D eigenvalue weighted by atomic mass is 19.3. The molecule has 1 atom stereocenters. The Kier molecular flexibility index (Phi) is 7.92. The molecule has 2 rings (SSSR count). The molecular weight excluding hydrogens is 363 g/mol. The van der Waals surface area contributed by atoms with Gasteiger partial charge in [0.25, 0.3) is 0 Å². The van der Waals surface area contributed by atoms with E-state index in [1.165, 1.54) is 19.3 Å². The van der Waals surface area contributed by atoms with Gasteiger partial charge in [0.05, 0.1) is 5.92 Å². The van der Waals surface area contributed by atoms with Gasteiger partial charge in [-0.3, -0.25) is 0 Å². The van der Waals surface area contributed by atoms with Gasteiger partial charge in [0.1, 0.15) is 5.75 Å².